The molecule has 29 heavy (non-hydrogen) atoms. The zero-order valence-corrected chi connectivity index (χ0v) is 18.0. The summed E-state index contributed by atoms with van der Waals surface area (Å²) < 4.78 is 16.3. The Kier molecular flexibility index (Phi) is 5.44. The molecule has 1 amide bonds. The predicted octanol–water partition coefficient (Wildman–Crippen LogP) is 3.46. The van der Waals surface area contributed by atoms with E-state index in [4.69, 9.17) is 9.15 Å². The molecule has 2 aliphatic heterocycles. The minimum Gasteiger partial charge on any atom is -0.463 e. The highest BCUT2D eigenvalue weighted by atomic mass is 79.9. The zero-order chi connectivity index (χ0) is 20.6. The maximum absolute atomic E-state index is 12.8. The van der Waals surface area contributed by atoms with Crippen molar-refractivity contribution >= 4 is 45.5 Å². The Hall–Kier alpha value is -2.26. The summed E-state index contributed by atoms with van der Waals surface area (Å²) >= 11 is 5.03. The number of nitrogens with zero attached hydrogens (tertiary/aromatic N) is 1. The molecule has 0 spiro atoms. The van der Waals surface area contributed by atoms with Gasteiger partial charge >= 0.3 is 11.9 Å². The number of furan rings is 1. The van der Waals surface area contributed by atoms with Crippen LogP contribution in [0.5, 0.6) is 0 Å². The number of carbonyl (C=O) groups excluding carboxylic acids is 3. The first-order valence-electron chi connectivity index (χ1n) is 9.00. The summed E-state index contributed by atoms with van der Waals surface area (Å²) in [5, 5.41) is 0. The van der Waals surface area contributed by atoms with Crippen molar-refractivity contribution in [1.82, 2.24) is 4.90 Å². The third-order valence-corrected chi connectivity index (χ3v) is 7.22. The van der Waals surface area contributed by atoms with Gasteiger partial charge in [0.15, 0.2) is 0 Å². The Bertz CT molecular complexity index is 958. The number of thioether (sulfide) groups is 1. The van der Waals surface area contributed by atoms with Gasteiger partial charge in [0.05, 0.1) is 7.11 Å². The molecule has 2 aromatic rings. The highest BCUT2D eigenvalue weighted by molar-refractivity contribution is 9.10. The molecule has 2 aliphatic rings. The molecule has 7 nitrogen and oxygen atoms in total. The van der Waals surface area contributed by atoms with E-state index in [2.05, 4.69) is 20.7 Å². The van der Waals surface area contributed by atoms with Crippen LogP contribution in [0.25, 0.3) is 0 Å². The first-order chi connectivity index (χ1) is 13.9. The molecule has 0 bridgehead atoms. The van der Waals surface area contributed by atoms with Crippen LogP contribution in [-0.2, 0) is 30.5 Å². The molecular weight excluding hydrogens is 462 g/mol. The Morgan fingerprint density at radius 2 is 2.03 bits per heavy atom. The molecule has 152 valence electrons. The van der Waals surface area contributed by atoms with Crippen molar-refractivity contribution in [3.8, 4) is 0 Å². The average molecular weight is 480 g/mol. The summed E-state index contributed by atoms with van der Waals surface area (Å²) in [5.74, 6) is -0.299. The van der Waals surface area contributed by atoms with Crippen LogP contribution >= 0.6 is 27.7 Å². The monoisotopic (exact) mass is 479 g/mol. The van der Waals surface area contributed by atoms with Crippen molar-refractivity contribution in [2.45, 2.75) is 30.4 Å². The molecule has 0 radical (unpaired) electrons. The summed E-state index contributed by atoms with van der Waals surface area (Å²) in [7, 11) is 1.26. The first-order valence-corrected chi connectivity index (χ1v) is 10.8. The SMILES string of the molecule is COC(=O)c1ccc(COC(=O)[C@H]2CS[C@@]3(c4ccc(Br)cc4)CCC(=O)N23)o1. The molecule has 2 atom stereocenters. The Morgan fingerprint density at radius 3 is 2.76 bits per heavy atom. The Labute approximate surface area is 179 Å². The maximum atomic E-state index is 12.8. The third kappa shape index (κ3) is 3.57. The van der Waals surface area contributed by atoms with Gasteiger partial charge in [-0.05, 0) is 36.2 Å². The van der Waals surface area contributed by atoms with Gasteiger partial charge < -0.3 is 18.8 Å². The summed E-state index contributed by atoms with van der Waals surface area (Å²) in [6.07, 6.45) is 1.05. The molecule has 1 aromatic heterocycles. The molecular formula is C20H18BrNO6S. The average Bonchev–Trinajstić information content (AvgIpc) is 3.42. The van der Waals surface area contributed by atoms with Crippen LogP contribution < -0.4 is 0 Å². The number of halogens is 1. The summed E-state index contributed by atoms with van der Waals surface area (Å²) in [5.41, 5.74) is 1.00. The van der Waals surface area contributed by atoms with Crippen molar-refractivity contribution in [3.63, 3.8) is 0 Å². The zero-order valence-electron chi connectivity index (χ0n) is 15.6. The van der Waals surface area contributed by atoms with Crippen molar-refractivity contribution in [1.29, 1.82) is 0 Å². The highest BCUT2D eigenvalue weighted by Gasteiger charge is 2.57. The number of ether oxygens (including phenoxy) is 2. The standard InChI is InChI=1S/C20H18BrNO6S/c1-26-19(25)16-7-6-14(28-16)10-27-18(24)15-11-29-20(9-8-17(23)22(15)20)12-2-4-13(21)5-3-12/h2-7,15H,8-11H2,1H3/t15-,20-/m1/s1. The highest BCUT2D eigenvalue weighted by Crippen LogP contribution is 2.54. The largest absolute Gasteiger partial charge is 0.463 e. The van der Waals surface area contributed by atoms with E-state index in [-0.39, 0.29) is 18.3 Å². The van der Waals surface area contributed by atoms with Crippen LogP contribution in [0.15, 0.2) is 45.3 Å². The quantitative estimate of drug-likeness (QED) is 0.606. The van der Waals surface area contributed by atoms with E-state index in [0.29, 0.717) is 24.4 Å². The summed E-state index contributed by atoms with van der Waals surface area (Å²) in [4.78, 5) is 38.0. The lowest BCUT2D eigenvalue weighted by molar-refractivity contribution is -0.155. The van der Waals surface area contributed by atoms with E-state index in [1.807, 2.05) is 24.3 Å². The van der Waals surface area contributed by atoms with Crippen LogP contribution in [-0.4, -0.2) is 41.7 Å². The minimum atomic E-state index is -0.659. The van der Waals surface area contributed by atoms with E-state index in [1.54, 1.807) is 22.7 Å². The molecule has 1 aromatic carbocycles. The number of amides is 1. The van der Waals surface area contributed by atoms with Crippen LogP contribution in [0, 0.1) is 0 Å². The molecule has 0 aliphatic carbocycles. The van der Waals surface area contributed by atoms with Crippen molar-refractivity contribution in [2.75, 3.05) is 12.9 Å². The topological polar surface area (TPSA) is 86.0 Å². The van der Waals surface area contributed by atoms with Gasteiger partial charge in [0.25, 0.3) is 0 Å². The molecule has 9 heteroatoms. The number of hydrogen-bond acceptors (Lipinski definition) is 7. The lowest BCUT2D eigenvalue weighted by Gasteiger charge is -2.33. The number of esters is 2. The van der Waals surface area contributed by atoms with Gasteiger partial charge in [-0.15, -0.1) is 11.8 Å². The number of carbonyl (C=O) groups is 3. The second kappa shape index (κ2) is 7.87. The third-order valence-electron chi connectivity index (χ3n) is 5.10. The fraction of sp³-hybridized carbons (Fsp3) is 0.350. The van der Waals surface area contributed by atoms with Crippen LogP contribution in [0.3, 0.4) is 0 Å². The van der Waals surface area contributed by atoms with E-state index >= 15 is 0 Å². The van der Waals surface area contributed by atoms with E-state index < -0.39 is 22.9 Å². The van der Waals surface area contributed by atoms with Gasteiger partial charge in [0, 0.05) is 16.6 Å². The molecule has 0 N–H and O–H groups in total. The second-order valence-corrected chi connectivity index (χ2v) is 8.96. The summed E-state index contributed by atoms with van der Waals surface area (Å²) in [6, 6.07) is 10.2. The maximum Gasteiger partial charge on any atom is 0.373 e. The van der Waals surface area contributed by atoms with Crippen molar-refractivity contribution in [2.24, 2.45) is 0 Å². The Balaban J connectivity index is 1.48. The number of methoxy groups -OCH3 is 1. The molecule has 0 unspecified atom stereocenters. The van der Waals surface area contributed by atoms with Crippen molar-refractivity contribution < 1.29 is 28.3 Å². The van der Waals surface area contributed by atoms with Gasteiger partial charge in [-0.2, -0.15) is 0 Å². The summed E-state index contributed by atoms with van der Waals surface area (Å²) in [6.45, 7) is -0.121. The molecule has 3 heterocycles. The van der Waals surface area contributed by atoms with Crippen LogP contribution in [0.2, 0.25) is 0 Å². The number of hydrogen-bond donors (Lipinski definition) is 0. The van der Waals surface area contributed by atoms with E-state index in [0.717, 1.165) is 10.0 Å². The number of fused-ring (bicyclic) bond motifs is 1. The number of rotatable bonds is 5. The Morgan fingerprint density at radius 1 is 1.28 bits per heavy atom. The lowest BCUT2D eigenvalue weighted by Crippen LogP contribution is -2.46. The molecule has 0 saturated carbocycles. The molecule has 4 rings (SSSR count). The smallest absolute Gasteiger partial charge is 0.373 e. The first kappa shape index (κ1) is 20.0. The minimum absolute atomic E-state index is 0.0407. The lowest BCUT2D eigenvalue weighted by atomic mass is 10.0. The predicted molar refractivity (Wildman–Crippen MR) is 108 cm³/mol. The molecule has 2 fully saturated rings. The second-order valence-electron chi connectivity index (χ2n) is 6.75. The fourth-order valence-corrected chi connectivity index (χ4v) is 5.63. The normalized spacial score (nSPS) is 23.2. The van der Waals surface area contributed by atoms with E-state index in [1.165, 1.54) is 13.2 Å². The number of benzene rings is 1. The van der Waals surface area contributed by atoms with Gasteiger partial charge in [-0.1, -0.05) is 28.1 Å². The van der Waals surface area contributed by atoms with Gasteiger partial charge in [-0.25, -0.2) is 9.59 Å². The van der Waals surface area contributed by atoms with Gasteiger partial charge in [-0.3, -0.25) is 4.79 Å². The van der Waals surface area contributed by atoms with Gasteiger partial charge in [0.2, 0.25) is 11.7 Å². The van der Waals surface area contributed by atoms with Crippen molar-refractivity contribution in [3.05, 3.63) is 58.0 Å². The fourth-order valence-electron chi connectivity index (χ4n) is 3.73. The van der Waals surface area contributed by atoms with Gasteiger partial charge in [0.1, 0.15) is 23.3 Å². The van der Waals surface area contributed by atoms with Crippen LogP contribution in [0.4, 0.5) is 0 Å². The van der Waals surface area contributed by atoms with E-state index in [9.17, 15) is 14.4 Å². The molecule has 2 saturated heterocycles. The van der Waals surface area contributed by atoms with Crippen LogP contribution in [0.1, 0.15) is 34.7 Å².